The normalized spacial score (nSPS) is 12.7. The van der Waals surface area contributed by atoms with Gasteiger partial charge in [-0.2, -0.15) is 0 Å². The number of halogens is 1. The smallest absolute Gasteiger partial charge is 0.0989 e. The van der Waals surface area contributed by atoms with Crippen LogP contribution in [0.1, 0.15) is 13.8 Å². The average molecular weight is 386 g/mol. The van der Waals surface area contributed by atoms with Gasteiger partial charge in [-0.3, -0.25) is 0 Å². The van der Waals surface area contributed by atoms with Crippen molar-refractivity contribution in [2.24, 2.45) is 0 Å². The fourth-order valence-electron chi connectivity index (χ4n) is 2.71. The number of hydrogen-bond acceptors (Lipinski definition) is 1. The molecular formula is C21H22ClNP2. The van der Waals surface area contributed by atoms with Crippen LogP contribution >= 0.6 is 26.7 Å². The van der Waals surface area contributed by atoms with E-state index < -0.39 is 15.5 Å². The Morgan fingerprint density at radius 2 is 1.00 bits per heavy atom. The second-order valence-corrected chi connectivity index (χ2v) is 10.8. The highest BCUT2D eigenvalue weighted by Gasteiger charge is 2.31. The molecule has 1 unspecified atom stereocenters. The van der Waals surface area contributed by atoms with Crippen molar-refractivity contribution in [3.8, 4) is 0 Å². The summed E-state index contributed by atoms with van der Waals surface area (Å²) in [4.78, 5) is 0. The summed E-state index contributed by atoms with van der Waals surface area (Å²) in [6.45, 7) is 4.48. The molecule has 0 amide bonds. The van der Waals surface area contributed by atoms with Crippen LogP contribution in [0.3, 0.4) is 0 Å². The molecule has 1 atom stereocenters. The van der Waals surface area contributed by atoms with Gasteiger partial charge in [0.1, 0.15) is 0 Å². The van der Waals surface area contributed by atoms with Gasteiger partial charge >= 0.3 is 0 Å². The van der Waals surface area contributed by atoms with Crippen molar-refractivity contribution in [2.75, 3.05) is 0 Å². The largest absolute Gasteiger partial charge is 0.233 e. The lowest BCUT2D eigenvalue weighted by Crippen LogP contribution is -2.31. The van der Waals surface area contributed by atoms with Crippen LogP contribution in [0, 0.1) is 0 Å². The van der Waals surface area contributed by atoms with Crippen LogP contribution < -0.4 is 15.9 Å². The van der Waals surface area contributed by atoms with Crippen molar-refractivity contribution in [1.82, 2.24) is 4.44 Å². The van der Waals surface area contributed by atoms with E-state index in [-0.39, 0.29) is 0 Å². The summed E-state index contributed by atoms with van der Waals surface area (Å²) in [5.41, 5.74) is 0. The fraction of sp³-hybridized carbons (Fsp3) is 0.143. The Kier molecular flexibility index (Phi) is 6.63. The molecule has 3 aromatic carbocycles. The van der Waals surface area contributed by atoms with Crippen molar-refractivity contribution in [3.05, 3.63) is 91.0 Å². The quantitative estimate of drug-likeness (QED) is 0.498. The summed E-state index contributed by atoms with van der Waals surface area (Å²) in [6, 6.07) is 32.3. The van der Waals surface area contributed by atoms with Gasteiger partial charge in [0.25, 0.3) is 0 Å². The molecule has 25 heavy (non-hydrogen) atoms. The zero-order valence-corrected chi connectivity index (χ0v) is 17.0. The number of rotatable bonds is 6. The summed E-state index contributed by atoms with van der Waals surface area (Å²) in [6.07, 6.45) is 0. The van der Waals surface area contributed by atoms with Gasteiger partial charge < -0.3 is 0 Å². The highest BCUT2D eigenvalue weighted by molar-refractivity contribution is 7.95. The third kappa shape index (κ3) is 4.49. The molecule has 3 rings (SSSR count). The minimum absolute atomic E-state index is 0.343. The minimum Gasteiger partial charge on any atom is -0.233 e. The van der Waals surface area contributed by atoms with Gasteiger partial charge in [-0.15, -0.1) is 0 Å². The molecule has 0 saturated carbocycles. The molecule has 0 heterocycles. The molecular weight excluding hydrogens is 364 g/mol. The van der Waals surface area contributed by atoms with Gasteiger partial charge in [0.15, 0.2) is 0 Å². The summed E-state index contributed by atoms with van der Waals surface area (Å²) in [5.74, 6) is 0. The SMILES string of the molecule is CC(C)N(P(Cl)c1ccccc1)P(c1ccccc1)c1ccccc1. The van der Waals surface area contributed by atoms with Crippen molar-refractivity contribution in [2.45, 2.75) is 19.9 Å². The van der Waals surface area contributed by atoms with Crippen LogP contribution in [0.4, 0.5) is 0 Å². The highest BCUT2D eigenvalue weighted by Crippen LogP contribution is 2.59. The Balaban J connectivity index is 2.08. The maximum absolute atomic E-state index is 7.07. The number of nitrogens with zero attached hydrogens (tertiary/aromatic N) is 1. The van der Waals surface area contributed by atoms with Crippen LogP contribution in [0.2, 0.25) is 0 Å². The molecule has 0 aliphatic rings. The fourth-order valence-corrected chi connectivity index (χ4v) is 8.94. The predicted molar refractivity (Wildman–Crippen MR) is 115 cm³/mol. The molecule has 0 aromatic heterocycles. The standard InChI is InChI=1S/C21H22ClNP2/c1-18(2)23(25(22)21-16-10-5-11-17-21)24(19-12-6-3-7-13-19)20-14-8-4-9-15-20/h3-18H,1-2H3. The van der Waals surface area contributed by atoms with E-state index in [9.17, 15) is 0 Å². The number of hydrogen-bond donors (Lipinski definition) is 0. The first-order chi connectivity index (χ1) is 12.2. The summed E-state index contributed by atoms with van der Waals surface area (Å²) in [7, 11) is -1.62. The molecule has 4 heteroatoms. The van der Waals surface area contributed by atoms with Crippen LogP contribution in [0.25, 0.3) is 0 Å². The minimum atomic E-state index is -0.931. The van der Waals surface area contributed by atoms with Gasteiger partial charge in [-0.1, -0.05) is 102 Å². The Bertz CT molecular complexity index is 726. The summed E-state index contributed by atoms with van der Waals surface area (Å²) in [5, 5.41) is 3.87. The second-order valence-electron chi connectivity index (χ2n) is 5.99. The second kappa shape index (κ2) is 8.93. The molecule has 0 bridgehead atoms. The van der Waals surface area contributed by atoms with Crippen LogP contribution in [-0.4, -0.2) is 10.5 Å². The molecule has 0 radical (unpaired) electrons. The molecule has 1 nitrogen and oxygen atoms in total. The van der Waals surface area contributed by atoms with Crippen LogP contribution in [0.15, 0.2) is 91.0 Å². The molecule has 0 aliphatic carbocycles. The van der Waals surface area contributed by atoms with Gasteiger partial charge in [-0.25, -0.2) is 4.44 Å². The van der Waals surface area contributed by atoms with Crippen molar-refractivity contribution in [3.63, 3.8) is 0 Å². The maximum Gasteiger partial charge on any atom is 0.0989 e. The van der Waals surface area contributed by atoms with Crippen molar-refractivity contribution >= 4 is 42.7 Å². The van der Waals surface area contributed by atoms with Crippen LogP contribution in [-0.2, 0) is 0 Å². The summed E-state index contributed by atoms with van der Waals surface area (Å²) < 4.78 is 2.51. The lowest BCUT2D eigenvalue weighted by atomic mass is 10.4. The van der Waals surface area contributed by atoms with Gasteiger partial charge in [0.2, 0.25) is 0 Å². The molecule has 0 fully saturated rings. The van der Waals surface area contributed by atoms with Gasteiger partial charge in [-0.05, 0) is 24.5 Å². The summed E-state index contributed by atoms with van der Waals surface area (Å²) >= 11 is 7.07. The first kappa shape index (κ1) is 18.6. The maximum atomic E-state index is 7.07. The van der Waals surface area contributed by atoms with Crippen molar-refractivity contribution in [1.29, 1.82) is 0 Å². The first-order valence-corrected chi connectivity index (χ1v) is 11.9. The molecule has 0 N–H and O–H groups in total. The monoisotopic (exact) mass is 385 g/mol. The van der Waals surface area contributed by atoms with Gasteiger partial charge in [0.05, 0.1) is 7.43 Å². The Labute approximate surface area is 158 Å². The lowest BCUT2D eigenvalue weighted by Gasteiger charge is -2.38. The van der Waals surface area contributed by atoms with E-state index in [0.717, 1.165) is 0 Å². The molecule has 3 aromatic rings. The van der Waals surface area contributed by atoms with E-state index in [4.69, 9.17) is 11.2 Å². The average Bonchev–Trinajstić information content (AvgIpc) is 2.67. The third-order valence-corrected chi connectivity index (χ3v) is 10.3. The van der Waals surface area contributed by atoms with E-state index >= 15 is 0 Å². The van der Waals surface area contributed by atoms with E-state index in [1.165, 1.54) is 15.9 Å². The number of benzene rings is 3. The predicted octanol–water partition coefficient (Wildman–Crippen LogP) is 5.62. The zero-order chi connectivity index (χ0) is 17.6. The van der Waals surface area contributed by atoms with E-state index in [1.54, 1.807) is 0 Å². The van der Waals surface area contributed by atoms with Crippen LogP contribution in [0.5, 0.6) is 0 Å². The van der Waals surface area contributed by atoms with E-state index in [1.807, 2.05) is 6.07 Å². The molecule has 0 aliphatic heterocycles. The highest BCUT2D eigenvalue weighted by atomic mass is 35.7. The van der Waals surface area contributed by atoms with Crippen molar-refractivity contribution < 1.29 is 0 Å². The molecule has 0 spiro atoms. The van der Waals surface area contributed by atoms with E-state index in [0.29, 0.717) is 6.04 Å². The molecule has 0 saturated heterocycles. The third-order valence-electron chi connectivity index (χ3n) is 3.82. The lowest BCUT2D eigenvalue weighted by molar-refractivity contribution is 0.585. The van der Waals surface area contributed by atoms with E-state index in [2.05, 4.69) is 103 Å². The Hall–Kier alpha value is -1.23. The Morgan fingerprint density at radius 1 is 0.640 bits per heavy atom. The zero-order valence-electron chi connectivity index (χ0n) is 14.5. The first-order valence-electron chi connectivity index (χ1n) is 8.38. The molecule has 128 valence electrons. The topological polar surface area (TPSA) is 3.24 Å². The van der Waals surface area contributed by atoms with Gasteiger partial charge in [0, 0.05) is 19.4 Å². The Morgan fingerprint density at radius 3 is 1.36 bits per heavy atom.